The fourth-order valence-electron chi connectivity index (χ4n) is 2.09. The van der Waals surface area contributed by atoms with Gasteiger partial charge in [-0.15, -0.1) is 0 Å². The normalized spacial score (nSPS) is 24.8. The van der Waals surface area contributed by atoms with Crippen molar-refractivity contribution in [1.82, 2.24) is 5.32 Å². The molecule has 0 saturated carbocycles. The molecule has 0 bridgehead atoms. The highest BCUT2D eigenvalue weighted by Crippen LogP contribution is 2.37. The zero-order valence-electron chi connectivity index (χ0n) is 8.45. The van der Waals surface area contributed by atoms with Crippen LogP contribution in [0.2, 0.25) is 0 Å². The largest absolute Gasteiger partial charge is 0.496 e. The number of benzene rings is 1. The van der Waals surface area contributed by atoms with Crippen LogP contribution in [0.15, 0.2) is 18.2 Å². The van der Waals surface area contributed by atoms with E-state index in [2.05, 4.69) is 5.32 Å². The van der Waals surface area contributed by atoms with Gasteiger partial charge in [0.05, 0.1) is 13.2 Å². The van der Waals surface area contributed by atoms with E-state index in [0.29, 0.717) is 0 Å². The standard InChI is InChI=1S/C11H15NO2/c1-12-8-6-7-4-3-5-9(14-2)10(7)11(8)13/h3-5,8,11-13H,6H2,1-2H3. The molecule has 1 aromatic rings. The molecular weight excluding hydrogens is 178 g/mol. The van der Waals surface area contributed by atoms with E-state index < -0.39 is 6.10 Å². The lowest BCUT2D eigenvalue weighted by Crippen LogP contribution is -2.29. The average molecular weight is 193 g/mol. The molecule has 1 aliphatic rings. The maximum Gasteiger partial charge on any atom is 0.124 e. The molecule has 0 saturated heterocycles. The Bertz CT molecular complexity index is 338. The van der Waals surface area contributed by atoms with Gasteiger partial charge in [-0.1, -0.05) is 12.1 Å². The van der Waals surface area contributed by atoms with Crippen LogP contribution in [0.3, 0.4) is 0 Å². The van der Waals surface area contributed by atoms with Crippen molar-refractivity contribution in [2.75, 3.05) is 14.2 Å². The number of aliphatic hydroxyl groups excluding tert-OH is 1. The van der Waals surface area contributed by atoms with E-state index in [1.54, 1.807) is 7.11 Å². The first-order valence-electron chi connectivity index (χ1n) is 4.79. The predicted octanol–water partition coefficient (Wildman–Crippen LogP) is 0.873. The Morgan fingerprint density at radius 3 is 2.93 bits per heavy atom. The minimum Gasteiger partial charge on any atom is -0.496 e. The number of rotatable bonds is 2. The quantitative estimate of drug-likeness (QED) is 0.732. The average Bonchev–Trinajstić information content (AvgIpc) is 2.55. The Hall–Kier alpha value is -1.06. The number of nitrogens with one attached hydrogen (secondary N) is 1. The monoisotopic (exact) mass is 193 g/mol. The molecule has 0 spiro atoms. The van der Waals surface area contributed by atoms with Crippen molar-refractivity contribution in [2.24, 2.45) is 0 Å². The van der Waals surface area contributed by atoms with Crippen LogP contribution in [-0.4, -0.2) is 25.3 Å². The molecule has 3 nitrogen and oxygen atoms in total. The topological polar surface area (TPSA) is 41.5 Å². The molecule has 2 N–H and O–H groups in total. The number of fused-ring (bicyclic) bond motifs is 1. The van der Waals surface area contributed by atoms with Gasteiger partial charge in [0.2, 0.25) is 0 Å². The number of hydrogen-bond acceptors (Lipinski definition) is 3. The lowest BCUT2D eigenvalue weighted by molar-refractivity contribution is 0.143. The molecule has 2 atom stereocenters. The molecule has 1 aromatic carbocycles. The highest BCUT2D eigenvalue weighted by molar-refractivity contribution is 5.46. The fraction of sp³-hybridized carbons (Fsp3) is 0.455. The first-order valence-corrected chi connectivity index (χ1v) is 4.79. The highest BCUT2D eigenvalue weighted by Gasteiger charge is 2.32. The third-order valence-electron chi connectivity index (χ3n) is 2.86. The van der Waals surface area contributed by atoms with Crippen molar-refractivity contribution in [3.8, 4) is 5.75 Å². The summed E-state index contributed by atoms with van der Waals surface area (Å²) in [6.07, 6.45) is 0.413. The summed E-state index contributed by atoms with van der Waals surface area (Å²) >= 11 is 0. The Kier molecular flexibility index (Phi) is 2.44. The molecule has 0 amide bonds. The molecule has 3 heteroatoms. The van der Waals surface area contributed by atoms with Crippen LogP contribution in [0, 0.1) is 0 Å². The van der Waals surface area contributed by atoms with E-state index in [1.165, 1.54) is 5.56 Å². The Balaban J connectivity index is 2.43. The van der Waals surface area contributed by atoms with Gasteiger partial charge in [-0.3, -0.25) is 0 Å². The van der Waals surface area contributed by atoms with Gasteiger partial charge < -0.3 is 15.2 Å². The lowest BCUT2D eigenvalue weighted by atomic mass is 10.1. The summed E-state index contributed by atoms with van der Waals surface area (Å²) in [5.41, 5.74) is 2.12. The van der Waals surface area contributed by atoms with Gasteiger partial charge in [-0.05, 0) is 25.1 Å². The molecule has 2 rings (SSSR count). The molecule has 14 heavy (non-hydrogen) atoms. The van der Waals surface area contributed by atoms with Crippen molar-refractivity contribution < 1.29 is 9.84 Å². The van der Waals surface area contributed by atoms with Crippen molar-refractivity contribution in [3.63, 3.8) is 0 Å². The minimum atomic E-state index is -0.453. The third kappa shape index (κ3) is 1.29. The van der Waals surface area contributed by atoms with Crippen molar-refractivity contribution in [1.29, 1.82) is 0 Å². The maximum absolute atomic E-state index is 10.0. The van der Waals surface area contributed by atoms with Crippen LogP contribution in [0.25, 0.3) is 0 Å². The van der Waals surface area contributed by atoms with E-state index in [1.807, 2.05) is 25.2 Å². The molecule has 0 heterocycles. The second-order valence-corrected chi connectivity index (χ2v) is 3.58. The van der Waals surface area contributed by atoms with E-state index in [9.17, 15) is 5.11 Å². The third-order valence-corrected chi connectivity index (χ3v) is 2.86. The fourth-order valence-corrected chi connectivity index (χ4v) is 2.09. The minimum absolute atomic E-state index is 0.112. The molecule has 76 valence electrons. The SMILES string of the molecule is CNC1Cc2cccc(OC)c2C1O. The number of methoxy groups -OCH3 is 1. The first-order chi connectivity index (χ1) is 6.77. The van der Waals surface area contributed by atoms with E-state index in [-0.39, 0.29) is 6.04 Å². The van der Waals surface area contributed by atoms with Crippen molar-refractivity contribution >= 4 is 0 Å². The van der Waals surface area contributed by atoms with E-state index in [4.69, 9.17) is 4.74 Å². The summed E-state index contributed by atoms with van der Waals surface area (Å²) in [5, 5.41) is 13.1. The second kappa shape index (κ2) is 3.59. The Labute approximate surface area is 83.7 Å². The molecule has 0 aliphatic heterocycles. The highest BCUT2D eigenvalue weighted by atomic mass is 16.5. The van der Waals surface area contributed by atoms with Crippen LogP contribution >= 0.6 is 0 Å². The molecule has 2 unspecified atom stereocenters. The maximum atomic E-state index is 10.0. The van der Waals surface area contributed by atoms with E-state index >= 15 is 0 Å². The van der Waals surface area contributed by atoms with Gasteiger partial charge in [0.25, 0.3) is 0 Å². The van der Waals surface area contributed by atoms with Crippen LogP contribution in [-0.2, 0) is 6.42 Å². The molecule has 0 radical (unpaired) electrons. The Morgan fingerprint density at radius 1 is 1.50 bits per heavy atom. The van der Waals surface area contributed by atoms with Gasteiger partial charge in [0.15, 0.2) is 0 Å². The van der Waals surface area contributed by atoms with Crippen molar-refractivity contribution in [2.45, 2.75) is 18.6 Å². The van der Waals surface area contributed by atoms with Crippen LogP contribution in [0.1, 0.15) is 17.2 Å². The summed E-state index contributed by atoms with van der Waals surface area (Å²) in [6.45, 7) is 0. The summed E-state index contributed by atoms with van der Waals surface area (Å²) in [5.74, 6) is 0.785. The number of aliphatic hydroxyl groups is 1. The lowest BCUT2D eigenvalue weighted by Gasteiger charge is -2.15. The summed E-state index contributed by atoms with van der Waals surface area (Å²) < 4.78 is 5.23. The Morgan fingerprint density at radius 2 is 2.29 bits per heavy atom. The van der Waals surface area contributed by atoms with Gasteiger partial charge in [-0.25, -0.2) is 0 Å². The first kappa shape index (κ1) is 9.49. The zero-order chi connectivity index (χ0) is 10.1. The summed E-state index contributed by atoms with van der Waals surface area (Å²) in [7, 11) is 3.50. The number of ether oxygens (including phenoxy) is 1. The van der Waals surface area contributed by atoms with Gasteiger partial charge >= 0.3 is 0 Å². The smallest absolute Gasteiger partial charge is 0.124 e. The molecule has 0 fully saturated rings. The number of likely N-dealkylation sites (N-methyl/N-ethyl adjacent to an activating group) is 1. The van der Waals surface area contributed by atoms with Crippen molar-refractivity contribution in [3.05, 3.63) is 29.3 Å². The number of hydrogen-bond donors (Lipinski definition) is 2. The van der Waals surface area contributed by atoms with Crippen LogP contribution < -0.4 is 10.1 Å². The van der Waals surface area contributed by atoms with Gasteiger partial charge in [0, 0.05) is 11.6 Å². The molecule has 1 aliphatic carbocycles. The van der Waals surface area contributed by atoms with Gasteiger partial charge in [-0.2, -0.15) is 0 Å². The van der Waals surface area contributed by atoms with E-state index in [0.717, 1.165) is 17.7 Å². The summed E-state index contributed by atoms with van der Waals surface area (Å²) in [4.78, 5) is 0. The summed E-state index contributed by atoms with van der Waals surface area (Å²) in [6, 6.07) is 6.00. The zero-order valence-corrected chi connectivity index (χ0v) is 8.45. The molecule has 0 aromatic heterocycles. The van der Waals surface area contributed by atoms with Crippen LogP contribution in [0.4, 0.5) is 0 Å². The second-order valence-electron chi connectivity index (χ2n) is 3.58. The predicted molar refractivity (Wildman–Crippen MR) is 54.5 cm³/mol. The van der Waals surface area contributed by atoms with Crippen LogP contribution in [0.5, 0.6) is 5.75 Å². The molecular formula is C11H15NO2. The van der Waals surface area contributed by atoms with Gasteiger partial charge in [0.1, 0.15) is 5.75 Å².